The molecule has 0 saturated carbocycles. The summed E-state index contributed by atoms with van der Waals surface area (Å²) in [6.07, 6.45) is 0.809. The summed E-state index contributed by atoms with van der Waals surface area (Å²) in [7, 11) is 0. The first kappa shape index (κ1) is 11.0. The van der Waals surface area contributed by atoms with Crippen molar-refractivity contribution in [1.82, 2.24) is 4.98 Å². The Bertz CT molecular complexity index is 351. The third-order valence-corrected chi connectivity index (χ3v) is 2.16. The summed E-state index contributed by atoms with van der Waals surface area (Å²) in [5, 5.41) is 27.5. The molecule has 2 atom stereocenters. The van der Waals surface area contributed by atoms with Crippen molar-refractivity contribution in [3.8, 4) is 6.07 Å². The molecule has 0 aliphatic rings. The first-order valence-corrected chi connectivity index (χ1v) is 4.64. The van der Waals surface area contributed by atoms with Crippen LogP contribution in [0.25, 0.3) is 0 Å². The third-order valence-electron chi connectivity index (χ3n) is 1.78. The molecular formula is C9H10N2O2S. The topological polar surface area (TPSA) is 77.1 Å². The molecule has 1 aromatic rings. The van der Waals surface area contributed by atoms with E-state index in [1.165, 1.54) is 18.5 Å². The van der Waals surface area contributed by atoms with Crippen LogP contribution in [-0.4, -0.2) is 27.1 Å². The maximum absolute atomic E-state index is 9.56. The van der Waals surface area contributed by atoms with Crippen molar-refractivity contribution in [3.05, 3.63) is 29.6 Å². The lowest BCUT2D eigenvalue weighted by Gasteiger charge is -2.15. The Balaban J connectivity index is 2.91. The Morgan fingerprint density at radius 2 is 2.21 bits per heavy atom. The van der Waals surface area contributed by atoms with Crippen LogP contribution in [0.2, 0.25) is 0 Å². The molecule has 0 aromatic carbocycles. The molecule has 0 aliphatic heterocycles. The van der Waals surface area contributed by atoms with Gasteiger partial charge in [-0.2, -0.15) is 17.9 Å². The summed E-state index contributed by atoms with van der Waals surface area (Å²) in [4.78, 5) is 3.77. The second-order valence-electron chi connectivity index (χ2n) is 2.81. The molecule has 0 aliphatic carbocycles. The maximum Gasteiger partial charge on any atom is 0.107 e. The van der Waals surface area contributed by atoms with E-state index >= 15 is 0 Å². The molecule has 0 radical (unpaired) electrons. The van der Waals surface area contributed by atoms with Gasteiger partial charge in [0.05, 0.1) is 11.7 Å². The molecule has 1 rings (SSSR count). The van der Waals surface area contributed by atoms with Crippen LogP contribution in [0, 0.1) is 11.3 Å². The number of hydrogen-bond donors (Lipinski definition) is 3. The Kier molecular flexibility index (Phi) is 3.89. The lowest BCUT2D eigenvalue weighted by atomic mass is 10.1. The van der Waals surface area contributed by atoms with Gasteiger partial charge in [-0.05, 0) is 6.07 Å². The van der Waals surface area contributed by atoms with Gasteiger partial charge in [0.2, 0.25) is 0 Å². The third kappa shape index (κ3) is 2.45. The fourth-order valence-corrected chi connectivity index (χ4v) is 1.20. The van der Waals surface area contributed by atoms with Crippen molar-refractivity contribution < 1.29 is 10.2 Å². The van der Waals surface area contributed by atoms with E-state index in [0.717, 1.165) is 0 Å². The zero-order valence-corrected chi connectivity index (χ0v) is 8.22. The number of aliphatic hydroxyl groups is 2. The lowest BCUT2D eigenvalue weighted by molar-refractivity contribution is 0.0335. The molecule has 4 nitrogen and oxygen atoms in total. The van der Waals surface area contributed by atoms with Gasteiger partial charge in [-0.25, -0.2) is 0 Å². The maximum atomic E-state index is 9.56. The minimum absolute atomic E-state index is 0.151. The van der Waals surface area contributed by atoms with E-state index in [0.29, 0.717) is 11.1 Å². The Morgan fingerprint density at radius 1 is 1.50 bits per heavy atom. The summed E-state index contributed by atoms with van der Waals surface area (Å²) in [6.45, 7) is 0. The van der Waals surface area contributed by atoms with Gasteiger partial charge >= 0.3 is 0 Å². The van der Waals surface area contributed by atoms with Crippen LogP contribution in [0.3, 0.4) is 0 Å². The van der Waals surface area contributed by atoms with Crippen molar-refractivity contribution >= 4 is 12.6 Å². The number of aromatic nitrogens is 1. The lowest BCUT2D eigenvalue weighted by Crippen LogP contribution is -2.19. The SMILES string of the molecule is N#Cc1cncc(C(O)C(O)CS)c1. The largest absolute Gasteiger partial charge is 0.389 e. The average Bonchev–Trinajstić information content (AvgIpc) is 2.27. The van der Waals surface area contributed by atoms with Crippen molar-refractivity contribution in [3.63, 3.8) is 0 Å². The number of thiol groups is 1. The molecule has 0 bridgehead atoms. The Morgan fingerprint density at radius 3 is 2.79 bits per heavy atom. The summed E-state index contributed by atoms with van der Waals surface area (Å²) in [5.74, 6) is 0.151. The Hall–Kier alpha value is -1.09. The standard InChI is InChI=1S/C9H10N2O2S/c10-2-6-1-7(4-11-3-6)9(13)8(12)5-14/h1,3-4,8-9,12-14H,5H2. The molecule has 2 unspecified atom stereocenters. The van der Waals surface area contributed by atoms with Crippen LogP contribution in [-0.2, 0) is 0 Å². The van der Waals surface area contributed by atoms with Gasteiger partial charge in [-0.3, -0.25) is 4.98 Å². The molecular weight excluding hydrogens is 200 g/mol. The summed E-state index contributed by atoms with van der Waals surface area (Å²) in [5.41, 5.74) is 0.776. The van der Waals surface area contributed by atoms with Crippen LogP contribution < -0.4 is 0 Å². The predicted octanol–water partition coefficient (Wildman–Crippen LogP) is 0.277. The molecule has 0 saturated heterocycles. The minimum Gasteiger partial charge on any atom is -0.389 e. The van der Waals surface area contributed by atoms with Gasteiger partial charge in [0.15, 0.2) is 0 Å². The molecule has 14 heavy (non-hydrogen) atoms. The van der Waals surface area contributed by atoms with Crippen molar-refractivity contribution in [2.45, 2.75) is 12.2 Å². The molecule has 1 heterocycles. The number of nitrogens with zero attached hydrogens (tertiary/aromatic N) is 2. The van der Waals surface area contributed by atoms with E-state index in [9.17, 15) is 10.2 Å². The van der Waals surface area contributed by atoms with Gasteiger partial charge in [-0.15, -0.1) is 0 Å². The van der Waals surface area contributed by atoms with E-state index in [1.807, 2.05) is 6.07 Å². The van der Waals surface area contributed by atoms with E-state index < -0.39 is 12.2 Å². The highest BCUT2D eigenvalue weighted by Gasteiger charge is 2.17. The molecule has 0 spiro atoms. The molecule has 2 N–H and O–H groups in total. The Labute approximate surface area is 87.2 Å². The average molecular weight is 210 g/mol. The van der Waals surface area contributed by atoms with Crippen LogP contribution in [0.15, 0.2) is 18.5 Å². The van der Waals surface area contributed by atoms with Crippen LogP contribution in [0.1, 0.15) is 17.2 Å². The van der Waals surface area contributed by atoms with E-state index in [2.05, 4.69) is 17.6 Å². The van der Waals surface area contributed by atoms with E-state index in [1.54, 1.807) is 0 Å². The van der Waals surface area contributed by atoms with Gasteiger partial charge in [0.1, 0.15) is 12.2 Å². The van der Waals surface area contributed by atoms with Gasteiger partial charge < -0.3 is 10.2 Å². The van der Waals surface area contributed by atoms with Crippen molar-refractivity contribution in [1.29, 1.82) is 5.26 Å². The highest BCUT2D eigenvalue weighted by Crippen LogP contribution is 2.17. The zero-order valence-electron chi connectivity index (χ0n) is 7.33. The fraction of sp³-hybridized carbons (Fsp3) is 0.333. The highest BCUT2D eigenvalue weighted by molar-refractivity contribution is 7.80. The normalized spacial score (nSPS) is 14.4. The highest BCUT2D eigenvalue weighted by atomic mass is 32.1. The minimum atomic E-state index is -1.05. The van der Waals surface area contributed by atoms with Crippen molar-refractivity contribution in [2.24, 2.45) is 0 Å². The molecule has 0 fully saturated rings. The first-order valence-electron chi connectivity index (χ1n) is 4.01. The van der Waals surface area contributed by atoms with Gasteiger partial charge in [-0.1, -0.05) is 0 Å². The number of rotatable bonds is 3. The van der Waals surface area contributed by atoms with Crippen molar-refractivity contribution in [2.75, 3.05) is 5.75 Å². The molecule has 5 heteroatoms. The van der Waals surface area contributed by atoms with Gasteiger partial charge in [0, 0.05) is 23.7 Å². The second kappa shape index (κ2) is 4.96. The molecule has 1 aromatic heterocycles. The van der Waals surface area contributed by atoms with E-state index in [4.69, 9.17) is 5.26 Å². The molecule has 0 amide bonds. The quantitative estimate of drug-likeness (QED) is 0.626. The monoisotopic (exact) mass is 210 g/mol. The van der Waals surface area contributed by atoms with Crippen LogP contribution in [0.4, 0.5) is 0 Å². The predicted molar refractivity (Wildman–Crippen MR) is 53.8 cm³/mol. The summed E-state index contributed by atoms with van der Waals surface area (Å²) < 4.78 is 0. The summed E-state index contributed by atoms with van der Waals surface area (Å²) in [6, 6.07) is 3.40. The van der Waals surface area contributed by atoms with Crippen LogP contribution in [0.5, 0.6) is 0 Å². The molecule has 74 valence electrons. The number of pyridine rings is 1. The number of nitriles is 1. The smallest absolute Gasteiger partial charge is 0.107 e. The van der Waals surface area contributed by atoms with E-state index in [-0.39, 0.29) is 5.75 Å². The fourth-order valence-electron chi connectivity index (χ4n) is 1.00. The zero-order chi connectivity index (χ0) is 10.6. The van der Waals surface area contributed by atoms with Gasteiger partial charge in [0.25, 0.3) is 0 Å². The second-order valence-corrected chi connectivity index (χ2v) is 3.18. The number of hydrogen-bond acceptors (Lipinski definition) is 5. The summed E-state index contributed by atoms with van der Waals surface area (Å²) >= 11 is 3.86. The van der Waals surface area contributed by atoms with Crippen LogP contribution >= 0.6 is 12.6 Å². The first-order chi connectivity index (χ1) is 6.69. The number of aliphatic hydroxyl groups excluding tert-OH is 2.